The van der Waals surface area contributed by atoms with Crippen molar-refractivity contribution in [3.8, 4) is 22.7 Å². The van der Waals surface area contributed by atoms with Gasteiger partial charge in [0.15, 0.2) is 0 Å². The molecule has 180 valence electrons. The van der Waals surface area contributed by atoms with Crippen LogP contribution in [-0.2, 0) is 11.2 Å². The van der Waals surface area contributed by atoms with E-state index in [2.05, 4.69) is 12.1 Å². The van der Waals surface area contributed by atoms with Gasteiger partial charge in [0.1, 0.15) is 15.8 Å². The average molecular weight is 512 g/mol. The number of aromatic nitrogens is 2. The van der Waals surface area contributed by atoms with Gasteiger partial charge in [0, 0.05) is 23.9 Å². The second-order valence-corrected chi connectivity index (χ2v) is 9.92. The highest BCUT2D eigenvalue weighted by molar-refractivity contribution is 8.26. The Morgan fingerprint density at radius 2 is 1.75 bits per heavy atom. The zero-order valence-electron chi connectivity index (χ0n) is 19.8. The summed E-state index contributed by atoms with van der Waals surface area (Å²) >= 11 is 6.91. The monoisotopic (exact) mass is 511 g/mol. The smallest absolute Gasteiger partial charge is 0.266 e. The molecule has 5 rings (SSSR count). The lowest BCUT2D eigenvalue weighted by Crippen LogP contribution is -2.30. The minimum Gasteiger partial charge on any atom is -0.494 e. The minimum absolute atomic E-state index is 0.0672. The summed E-state index contributed by atoms with van der Waals surface area (Å²) in [5.74, 6) is 0.713. The molecule has 36 heavy (non-hydrogen) atoms. The number of carbonyl (C=O) groups excluding carboxylic acids is 1. The lowest BCUT2D eigenvalue weighted by molar-refractivity contribution is -0.122. The van der Waals surface area contributed by atoms with Crippen LogP contribution in [0.4, 0.5) is 0 Å². The van der Waals surface area contributed by atoms with E-state index >= 15 is 0 Å². The summed E-state index contributed by atoms with van der Waals surface area (Å²) < 4.78 is 8.13. The van der Waals surface area contributed by atoms with E-state index < -0.39 is 0 Å². The molecule has 1 fully saturated rings. The lowest BCUT2D eigenvalue weighted by Gasteiger charge is -2.14. The van der Waals surface area contributed by atoms with Gasteiger partial charge in [0.05, 0.1) is 17.2 Å². The van der Waals surface area contributed by atoms with Crippen LogP contribution < -0.4 is 4.74 Å². The topological polar surface area (TPSA) is 47.4 Å². The van der Waals surface area contributed by atoms with Crippen LogP contribution >= 0.6 is 24.0 Å². The molecular weight excluding hydrogens is 486 g/mol. The molecule has 4 aromatic rings. The second-order valence-electron chi connectivity index (χ2n) is 8.24. The van der Waals surface area contributed by atoms with Gasteiger partial charge in [0.25, 0.3) is 5.91 Å². The number of carbonyl (C=O) groups is 1. The van der Waals surface area contributed by atoms with Crippen molar-refractivity contribution in [1.82, 2.24) is 14.7 Å². The summed E-state index contributed by atoms with van der Waals surface area (Å²) in [5.41, 5.74) is 4.65. The number of amides is 1. The SMILES string of the molecule is CCOc1cccc(-c2nn(-c3ccccc3)cc2C=C2SC(=S)N(CCc3ccccc3)C2=O)c1. The van der Waals surface area contributed by atoms with Gasteiger partial charge in [-0.25, -0.2) is 4.68 Å². The first kappa shape index (κ1) is 24.0. The van der Waals surface area contributed by atoms with Gasteiger partial charge in [-0.15, -0.1) is 0 Å². The number of rotatable bonds is 8. The number of para-hydroxylation sites is 1. The number of hydrogen-bond donors (Lipinski definition) is 0. The van der Waals surface area contributed by atoms with Crippen LogP contribution in [0.3, 0.4) is 0 Å². The first-order valence-corrected chi connectivity index (χ1v) is 13.0. The van der Waals surface area contributed by atoms with Crippen molar-refractivity contribution in [2.24, 2.45) is 0 Å². The molecule has 0 radical (unpaired) electrons. The summed E-state index contributed by atoms with van der Waals surface area (Å²) in [6.07, 6.45) is 4.60. The molecule has 1 amide bonds. The van der Waals surface area contributed by atoms with E-state index in [4.69, 9.17) is 22.1 Å². The van der Waals surface area contributed by atoms with E-state index in [9.17, 15) is 4.79 Å². The number of benzene rings is 3. The van der Waals surface area contributed by atoms with Crippen molar-refractivity contribution < 1.29 is 9.53 Å². The van der Waals surface area contributed by atoms with Gasteiger partial charge in [0.2, 0.25) is 0 Å². The third-order valence-electron chi connectivity index (χ3n) is 5.81. The Labute approximate surface area is 220 Å². The fourth-order valence-electron chi connectivity index (χ4n) is 4.05. The Morgan fingerprint density at radius 3 is 2.50 bits per heavy atom. The number of hydrogen-bond acceptors (Lipinski definition) is 5. The van der Waals surface area contributed by atoms with E-state index in [1.807, 2.05) is 96.7 Å². The van der Waals surface area contributed by atoms with Gasteiger partial charge in [-0.3, -0.25) is 9.69 Å². The van der Waals surface area contributed by atoms with E-state index in [0.717, 1.165) is 34.7 Å². The summed E-state index contributed by atoms with van der Waals surface area (Å²) in [4.78, 5) is 15.6. The quantitative estimate of drug-likeness (QED) is 0.203. The van der Waals surface area contributed by atoms with Crippen LogP contribution in [0.25, 0.3) is 23.0 Å². The summed E-state index contributed by atoms with van der Waals surface area (Å²) in [5, 5.41) is 4.88. The molecule has 0 bridgehead atoms. The van der Waals surface area contributed by atoms with Crippen LogP contribution in [0.2, 0.25) is 0 Å². The summed E-state index contributed by atoms with van der Waals surface area (Å²) in [7, 11) is 0. The van der Waals surface area contributed by atoms with Crippen molar-refractivity contribution >= 4 is 40.3 Å². The molecule has 1 saturated heterocycles. The highest BCUT2D eigenvalue weighted by atomic mass is 32.2. The van der Waals surface area contributed by atoms with Gasteiger partial charge in [-0.1, -0.05) is 84.6 Å². The van der Waals surface area contributed by atoms with Gasteiger partial charge in [-0.05, 0) is 49.2 Å². The number of ether oxygens (including phenoxy) is 1. The molecule has 0 spiro atoms. The Hall–Kier alpha value is -3.68. The Morgan fingerprint density at radius 1 is 1.00 bits per heavy atom. The molecule has 1 aliphatic heterocycles. The molecule has 1 aliphatic rings. The third-order valence-corrected chi connectivity index (χ3v) is 7.19. The molecule has 2 heterocycles. The minimum atomic E-state index is -0.0672. The fourth-order valence-corrected chi connectivity index (χ4v) is 5.35. The normalized spacial score (nSPS) is 14.6. The number of thioether (sulfide) groups is 1. The molecule has 0 N–H and O–H groups in total. The molecule has 7 heteroatoms. The maximum Gasteiger partial charge on any atom is 0.266 e. The average Bonchev–Trinajstić information content (AvgIpc) is 3.45. The van der Waals surface area contributed by atoms with Crippen molar-refractivity contribution in [1.29, 1.82) is 0 Å². The lowest BCUT2D eigenvalue weighted by atomic mass is 10.1. The Bertz CT molecular complexity index is 1410. The highest BCUT2D eigenvalue weighted by Gasteiger charge is 2.32. The van der Waals surface area contributed by atoms with E-state index in [1.54, 1.807) is 4.90 Å². The number of nitrogens with zero attached hydrogens (tertiary/aromatic N) is 3. The van der Waals surface area contributed by atoms with Crippen LogP contribution in [0.15, 0.2) is 96.0 Å². The Balaban J connectivity index is 1.48. The van der Waals surface area contributed by atoms with E-state index in [1.165, 1.54) is 17.3 Å². The summed E-state index contributed by atoms with van der Waals surface area (Å²) in [6, 6.07) is 27.9. The summed E-state index contributed by atoms with van der Waals surface area (Å²) in [6.45, 7) is 3.10. The van der Waals surface area contributed by atoms with Gasteiger partial charge >= 0.3 is 0 Å². The molecule has 0 aliphatic carbocycles. The van der Waals surface area contributed by atoms with Crippen LogP contribution in [-0.4, -0.2) is 38.1 Å². The molecule has 0 atom stereocenters. The maximum atomic E-state index is 13.3. The predicted octanol–water partition coefficient (Wildman–Crippen LogP) is 6.38. The standard InChI is InChI=1S/C29H25N3O2S2/c1-2-34-25-15-9-12-22(18-25)27-23(20-32(30-27)24-13-7-4-8-14-24)19-26-28(33)31(29(35)36-26)17-16-21-10-5-3-6-11-21/h3-15,18-20H,2,16-17H2,1H3. The maximum absolute atomic E-state index is 13.3. The number of thiocarbonyl (C=S) groups is 1. The molecule has 3 aromatic carbocycles. The second kappa shape index (κ2) is 10.9. The Kier molecular flexibility index (Phi) is 7.30. The van der Waals surface area contributed by atoms with Crippen molar-refractivity contribution in [3.63, 3.8) is 0 Å². The van der Waals surface area contributed by atoms with Crippen molar-refractivity contribution in [3.05, 3.63) is 107 Å². The van der Waals surface area contributed by atoms with E-state index in [0.29, 0.717) is 22.4 Å². The van der Waals surface area contributed by atoms with Crippen LogP contribution in [0.5, 0.6) is 5.75 Å². The van der Waals surface area contributed by atoms with Crippen molar-refractivity contribution in [2.45, 2.75) is 13.3 Å². The highest BCUT2D eigenvalue weighted by Crippen LogP contribution is 2.35. The van der Waals surface area contributed by atoms with Gasteiger partial charge in [-0.2, -0.15) is 5.10 Å². The third kappa shape index (κ3) is 5.27. The van der Waals surface area contributed by atoms with Gasteiger partial charge < -0.3 is 4.74 Å². The fraction of sp³-hybridized carbons (Fsp3) is 0.138. The molecule has 5 nitrogen and oxygen atoms in total. The van der Waals surface area contributed by atoms with Crippen LogP contribution in [0.1, 0.15) is 18.1 Å². The zero-order valence-corrected chi connectivity index (χ0v) is 21.5. The molecule has 0 saturated carbocycles. The first-order valence-electron chi connectivity index (χ1n) is 11.8. The predicted molar refractivity (Wildman–Crippen MR) is 150 cm³/mol. The molecular formula is C29H25N3O2S2. The molecule has 0 unspecified atom stereocenters. The first-order chi connectivity index (χ1) is 17.6. The van der Waals surface area contributed by atoms with E-state index in [-0.39, 0.29) is 5.91 Å². The van der Waals surface area contributed by atoms with Crippen LogP contribution in [0, 0.1) is 0 Å². The zero-order chi connectivity index (χ0) is 24.9. The molecule has 1 aromatic heterocycles. The largest absolute Gasteiger partial charge is 0.494 e. The van der Waals surface area contributed by atoms with Crippen molar-refractivity contribution in [2.75, 3.05) is 13.2 Å².